The molecule has 8 nitrogen and oxygen atoms in total. The Balaban J connectivity index is 1.62. The molecular weight excluding hydrogens is 558 g/mol. The molecule has 2 aromatic carbocycles. The first-order chi connectivity index (χ1) is 19.4. The number of hydrogen-bond acceptors (Lipinski definition) is 8. The van der Waals surface area contributed by atoms with Crippen molar-refractivity contribution in [3.8, 4) is 21.8 Å². The van der Waals surface area contributed by atoms with Gasteiger partial charge in [-0.1, -0.05) is 23.7 Å². The molecule has 1 aliphatic heterocycles. The van der Waals surface area contributed by atoms with Gasteiger partial charge in [0.1, 0.15) is 10.7 Å². The number of piperazine rings is 1. The van der Waals surface area contributed by atoms with E-state index in [1.54, 1.807) is 6.20 Å². The molecule has 1 fully saturated rings. The third-order valence-electron chi connectivity index (χ3n) is 7.21. The molecule has 5 rings (SSSR count). The van der Waals surface area contributed by atoms with Crippen molar-refractivity contribution in [3.05, 3.63) is 58.7 Å². The summed E-state index contributed by atoms with van der Waals surface area (Å²) in [7, 11) is 0. The van der Waals surface area contributed by atoms with Gasteiger partial charge in [-0.05, 0) is 76.9 Å². The molecule has 0 radical (unpaired) electrons. The largest absolute Gasteiger partial charge is 0.479 e. The molecule has 1 unspecified atom stereocenters. The Morgan fingerprint density at radius 3 is 2.37 bits per heavy atom. The lowest BCUT2D eigenvalue weighted by molar-refractivity contribution is -0.160. The second-order valence-electron chi connectivity index (χ2n) is 11.7. The van der Waals surface area contributed by atoms with Crippen LogP contribution in [0.1, 0.15) is 51.8 Å². The van der Waals surface area contributed by atoms with E-state index in [4.69, 9.17) is 26.3 Å². The van der Waals surface area contributed by atoms with Crippen LogP contribution in [0.3, 0.4) is 0 Å². The first-order valence-corrected chi connectivity index (χ1v) is 15.0. The van der Waals surface area contributed by atoms with Crippen LogP contribution in [-0.4, -0.2) is 68.7 Å². The highest BCUT2D eigenvalue weighted by molar-refractivity contribution is 7.22. The lowest BCUT2D eigenvalue weighted by Crippen LogP contribution is -2.49. The standard InChI is InChI=1S/C31H36ClN5O3S/c1-18(2)36-13-15-37(16-14-36)30-33-12-11-22(35-30)28-34-23-17-19(3)24(26(29(38)39)40-31(4,5)6)25(27(23)41-28)20-7-9-21(32)10-8-20/h7-12,17-18,26H,13-16H2,1-6H3,(H,38,39). The second-order valence-corrected chi connectivity index (χ2v) is 13.1. The summed E-state index contributed by atoms with van der Waals surface area (Å²) >= 11 is 7.72. The van der Waals surface area contributed by atoms with Gasteiger partial charge in [-0.2, -0.15) is 0 Å². The summed E-state index contributed by atoms with van der Waals surface area (Å²) in [4.78, 5) is 31.7. The molecule has 0 spiro atoms. The molecule has 0 saturated carbocycles. The van der Waals surface area contributed by atoms with E-state index >= 15 is 0 Å². The Hall–Kier alpha value is -3.11. The highest BCUT2D eigenvalue weighted by Gasteiger charge is 2.32. The summed E-state index contributed by atoms with van der Waals surface area (Å²) in [6.45, 7) is 15.6. The van der Waals surface area contributed by atoms with E-state index in [1.165, 1.54) is 11.3 Å². The quantitative estimate of drug-likeness (QED) is 0.249. The minimum absolute atomic E-state index is 0.518. The molecule has 2 aromatic heterocycles. The number of carboxylic acids is 1. The van der Waals surface area contributed by atoms with Crippen LogP contribution in [0.5, 0.6) is 0 Å². The Morgan fingerprint density at radius 1 is 1.07 bits per heavy atom. The Bertz CT molecular complexity index is 1560. The second kappa shape index (κ2) is 11.6. The van der Waals surface area contributed by atoms with Gasteiger partial charge in [0.25, 0.3) is 0 Å². The number of carbonyl (C=O) groups is 1. The molecule has 10 heteroatoms. The maximum Gasteiger partial charge on any atom is 0.337 e. The Kier molecular flexibility index (Phi) is 8.34. The van der Waals surface area contributed by atoms with Crippen molar-refractivity contribution >= 4 is 45.1 Å². The minimum atomic E-state index is -1.16. The predicted octanol–water partition coefficient (Wildman–Crippen LogP) is 6.85. The van der Waals surface area contributed by atoms with Crippen LogP contribution in [0.2, 0.25) is 5.02 Å². The van der Waals surface area contributed by atoms with Gasteiger partial charge in [-0.25, -0.2) is 19.7 Å². The lowest BCUT2D eigenvalue weighted by atomic mass is 9.91. The maximum absolute atomic E-state index is 12.6. The van der Waals surface area contributed by atoms with Crippen LogP contribution < -0.4 is 4.90 Å². The van der Waals surface area contributed by atoms with Crippen molar-refractivity contribution < 1.29 is 14.6 Å². The van der Waals surface area contributed by atoms with Crippen molar-refractivity contribution in [1.29, 1.82) is 0 Å². The fourth-order valence-electron chi connectivity index (χ4n) is 5.21. The summed E-state index contributed by atoms with van der Waals surface area (Å²) in [6, 6.07) is 11.8. The number of rotatable bonds is 7. The molecule has 0 aliphatic carbocycles. The number of aromatic nitrogens is 3. The van der Waals surface area contributed by atoms with Gasteiger partial charge in [-0.15, -0.1) is 11.3 Å². The van der Waals surface area contributed by atoms with E-state index in [-0.39, 0.29) is 0 Å². The van der Waals surface area contributed by atoms with Gasteiger partial charge in [0.15, 0.2) is 6.10 Å². The summed E-state index contributed by atoms with van der Waals surface area (Å²) < 4.78 is 7.00. The maximum atomic E-state index is 12.6. The number of benzene rings is 2. The molecule has 41 heavy (non-hydrogen) atoms. The SMILES string of the molecule is Cc1cc2nc(-c3ccnc(N4CCN(C(C)C)CC4)n3)sc2c(-c2ccc(Cl)cc2)c1C(OC(C)(C)C)C(=O)O. The molecule has 4 aromatic rings. The average Bonchev–Trinajstić information content (AvgIpc) is 3.35. The van der Waals surface area contributed by atoms with Crippen LogP contribution in [0.4, 0.5) is 5.95 Å². The summed E-state index contributed by atoms with van der Waals surface area (Å²) in [5, 5.41) is 11.7. The predicted molar refractivity (Wildman–Crippen MR) is 166 cm³/mol. The monoisotopic (exact) mass is 593 g/mol. The highest BCUT2D eigenvalue weighted by atomic mass is 35.5. The smallest absolute Gasteiger partial charge is 0.337 e. The van der Waals surface area contributed by atoms with Gasteiger partial charge in [0.2, 0.25) is 5.95 Å². The van der Waals surface area contributed by atoms with Crippen molar-refractivity contribution in [1.82, 2.24) is 19.9 Å². The van der Waals surface area contributed by atoms with E-state index in [0.29, 0.717) is 22.6 Å². The molecule has 0 bridgehead atoms. The third kappa shape index (κ3) is 6.38. The number of anilines is 1. The zero-order valence-electron chi connectivity index (χ0n) is 24.3. The van der Waals surface area contributed by atoms with E-state index in [2.05, 4.69) is 28.6 Å². The Morgan fingerprint density at radius 2 is 1.76 bits per heavy atom. The van der Waals surface area contributed by atoms with Gasteiger partial charge in [0, 0.05) is 54.6 Å². The van der Waals surface area contributed by atoms with E-state index in [9.17, 15) is 9.90 Å². The minimum Gasteiger partial charge on any atom is -0.479 e. The molecule has 1 atom stereocenters. The lowest BCUT2D eigenvalue weighted by Gasteiger charge is -2.36. The molecule has 0 amide bonds. The molecule has 1 saturated heterocycles. The van der Waals surface area contributed by atoms with Gasteiger partial charge in [-0.3, -0.25) is 4.90 Å². The zero-order chi connectivity index (χ0) is 29.5. The topological polar surface area (TPSA) is 91.7 Å². The van der Waals surface area contributed by atoms with E-state index in [1.807, 2.05) is 64.1 Å². The number of aryl methyl sites for hydroxylation is 1. The summed E-state index contributed by atoms with van der Waals surface area (Å²) in [5.74, 6) is -0.343. The van der Waals surface area contributed by atoms with Crippen molar-refractivity contribution in [2.45, 2.75) is 59.3 Å². The zero-order valence-corrected chi connectivity index (χ0v) is 25.9. The molecular formula is C31H36ClN5O3S. The number of nitrogens with zero attached hydrogens (tertiary/aromatic N) is 5. The molecule has 1 aliphatic rings. The van der Waals surface area contributed by atoms with E-state index < -0.39 is 17.7 Å². The first kappa shape index (κ1) is 29.4. The number of hydrogen-bond donors (Lipinski definition) is 1. The number of aliphatic carboxylic acids is 1. The number of halogens is 1. The van der Waals surface area contributed by atoms with Crippen LogP contribution >= 0.6 is 22.9 Å². The van der Waals surface area contributed by atoms with Crippen molar-refractivity contribution in [2.24, 2.45) is 0 Å². The average molecular weight is 594 g/mol. The van der Waals surface area contributed by atoms with Crippen molar-refractivity contribution in [2.75, 3.05) is 31.1 Å². The number of thiazole rings is 1. The third-order valence-corrected chi connectivity index (χ3v) is 8.57. The molecule has 216 valence electrons. The van der Waals surface area contributed by atoms with Crippen LogP contribution in [0.15, 0.2) is 42.6 Å². The summed E-state index contributed by atoms with van der Waals surface area (Å²) in [6.07, 6.45) is 0.623. The Labute approximate surface area is 250 Å². The molecule has 1 N–H and O–H groups in total. The van der Waals surface area contributed by atoms with Crippen LogP contribution in [0.25, 0.3) is 32.0 Å². The van der Waals surface area contributed by atoms with Crippen molar-refractivity contribution in [3.63, 3.8) is 0 Å². The van der Waals surface area contributed by atoms with Gasteiger partial charge < -0.3 is 14.7 Å². The van der Waals surface area contributed by atoms with Crippen LogP contribution in [-0.2, 0) is 9.53 Å². The number of ether oxygens (including phenoxy) is 1. The van der Waals surface area contributed by atoms with Gasteiger partial charge in [0.05, 0.1) is 15.8 Å². The normalized spacial score (nSPS) is 15.6. The summed E-state index contributed by atoms with van der Waals surface area (Å²) in [5.41, 5.74) is 3.90. The van der Waals surface area contributed by atoms with Gasteiger partial charge >= 0.3 is 5.97 Å². The number of carboxylic acid groups (broad SMARTS) is 1. The molecule has 3 heterocycles. The first-order valence-electron chi connectivity index (χ1n) is 13.8. The fourth-order valence-corrected chi connectivity index (χ4v) is 6.43. The van der Waals surface area contributed by atoms with Crippen LogP contribution in [0, 0.1) is 6.92 Å². The fraction of sp³-hybridized carbons (Fsp3) is 0.419. The van der Waals surface area contributed by atoms with E-state index in [0.717, 1.165) is 63.8 Å². The highest BCUT2D eigenvalue weighted by Crippen LogP contribution is 2.44. The number of fused-ring (bicyclic) bond motifs is 1.